The van der Waals surface area contributed by atoms with Crippen molar-refractivity contribution in [3.8, 4) is 5.69 Å². The zero-order valence-electron chi connectivity index (χ0n) is 22.2. The maximum absolute atomic E-state index is 6.24. The summed E-state index contributed by atoms with van der Waals surface area (Å²) in [6.45, 7) is 2.27. The Hall–Kier alpha value is -5.09. The van der Waals surface area contributed by atoms with E-state index in [9.17, 15) is 0 Å². The van der Waals surface area contributed by atoms with Gasteiger partial charge in [0.25, 0.3) is 0 Å². The molecule has 0 saturated heterocycles. The molecule has 4 heteroatoms. The van der Waals surface area contributed by atoms with Gasteiger partial charge < -0.3 is 13.9 Å². The van der Waals surface area contributed by atoms with Crippen LogP contribution in [-0.4, -0.2) is 9.55 Å². The van der Waals surface area contributed by atoms with Crippen molar-refractivity contribution in [2.45, 2.75) is 13.3 Å². The van der Waals surface area contributed by atoms with E-state index in [4.69, 9.17) is 9.40 Å². The largest absolute Gasteiger partial charge is 0.438 e. The first-order chi connectivity index (χ1) is 19.7. The van der Waals surface area contributed by atoms with Gasteiger partial charge in [-0.2, -0.15) is 0 Å². The first-order valence-corrected chi connectivity index (χ1v) is 13.8. The van der Waals surface area contributed by atoms with Gasteiger partial charge in [-0.3, -0.25) is 0 Å². The lowest BCUT2D eigenvalue weighted by Gasteiger charge is -2.30. The van der Waals surface area contributed by atoms with Gasteiger partial charge in [0.05, 0.1) is 28.3 Å². The van der Waals surface area contributed by atoms with Crippen molar-refractivity contribution in [3.63, 3.8) is 0 Å². The van der Waals surface area contributed by atoms with E-state index >= 15 is 0 Å². The van der Waals surface area contributed by atoms with Gasteiger partial charge in [0.2, 0.25) is 5.71 Å². The lowest BCUT2D eigenvalue weighted by molar-refractivity contribution is 0.654. The normalized spacial score (nSPS) is 15.3. The van der Waals surface area contributed by atoms with Crippen molar-refractivity contribution in [3.05, 3.63) is 133 Å². The number of fused-ring (bicyclic) bond motifs is 6. The number of allylic oxidation sites excluding steroid dienone is 4. The molecule has 4 nitrogen and oxygen atoms in total. The third kappa shape index (κ3) is 3.57. The topological polar surface area (TPSA) is 34.2 Å². The average molecular weight is 518 g/mol. The molecule has 8 rings (SSSR count). The third-order valence-electron chi connectivity index (χ3n) is 7.95. The first-order valence-electron chi connectivity index (χ1n) is 13.8. The van der Waals surface area contributed by atoms with E-state index in [2.05, 4.69) is 138 Å². The highest BCUT2D eigenvalue weighted by atomic mass is 16.3. The fourth-order valence-corrected chi connectivity index (χ4v) is 6.15. The van der Waals surface area contributed by atoms with Crippen LogP contribution in [0.1, 0.15) is 13.3 Å². The van der Waals surface area contributed by atoms with Crippen molar-refractivity contribution in [2.24, 2.45) is 5.92 Å². The molecule has 1 atom stereocenters. The Bertz CT molecular complexity index is 2060. The zero-order valence-corrected chi connectivity index (χ0v) is 22.2. The minimum absolute atomic E-state index is 0.489. The van der Waals surface area contributed by atoms with Crippen LogP contribution in [0.5, 0.6) is 0 Å². The quantitative estimate of drug-likeness (QED) is 0.233. The second-order valence-corrected chi connectivity index (χ2v) is 10.6. The van der Waals surface area contributed by atoms with Crippen molar-refractivity contribution >= 4 is 55.2 Å². The molecular formula is C36H27N3O. The van der Waals surface area contributed by atoms with Crippen molar-refractivity contribution in [1.82, 2.24) is 9.55 Å². The number of para-hydroxylation sites is 3. The fraction of sp³-hybridized carbons (Fsp3) is 0.0833. The number of anilines is 2. The predicted molar refractivity (Wildman–Crippen MR) is 165 cm³/mol. The van der Waals surface area contributed by atoms with Crippen LogP contribution in [0.25, 0.3) is 49.6 Å². The summed E-state index contributed by atoms with van der Waals surface area (Å²) in [5.74, 6) is 0.489. The molecule has 0 aliphatic heterocycles. The molecule has 7 aromatic rings. The first kappa shape index (κ1) is 22.9. The van der Waals surface area contributed by atoms with Crippen LogP contribution >= 0.6 is 0 Å². The van der Waals surface area contributed by atoms with Crippen LogP contribution in [0.15, 0.2) is 138 Å². The maximum Gasteiger partial charge on any atom is 0.227 e. The van der Waals surface area contributed by atoms with E-state index in [0.29, 0.717) is 11.6 Å². The van der Waals surface area contributed by atoms with Crippen LogP contribution in [0.4, 0.5) is 11.4 Å². The highest BCUT2D eigenvalue weighted by Crippen LogP contribution is 2.39. The molecule has 0 fully saturated rings. The number of nitrogens with zero attached hydrogens (tertiary/aromatic N) is 3. The molecule has 0 N–H and O–H groups in total. The lowest BCUT2D eigenvalue weighted by Crippen LogP contribution is -2.19. The lowest BCUT2D eigenvalue weighted by atomic mass is 9.98. The van der Waals surface area contributed by atoms with Crippen LogP contribution < -0.4 is 4.90 Å². The molecule has 3 heterocycles. The smallest absolute Gasteiger partial charge is 0.227 e. The zero-order chi connectivity index (χ0) is 26.6. The van der Waals surface area contributed by atoms with Gasteiger partial charge in [0.15, 0.2) is 0 Å². The molecule has 0 saturated carbocycles. The van der Waals surface area contributed by atoms with Gasteiger partial charge in [-0.25, -0.2) is 4.98 Å². The molecule has 192 valence electrons. The van der Waals surface area contributed by atoms with Gasteiger partial charge in [-0.1, -0.05) is 73.7 Å². The Morgan fingerprint density at radius 1 is 0.750 bits per heavy atom. The van der Waals surface area contributed by atoms with Gasteiger partial charge >= 0.3 is 0 Å². The Kier molecular flexibility index (Phi) is 5.14. The Morgan fingerprint density at radius 2 is 1.48 bits per heavy atom. The van der Waals surface area contributed by atoms with E-state index < -0.39 is 0 Å². The highest BCUT2D eigenvalue weighted by molar-refractivity contribution is 6.10. The van der Waals surface area contributed by atoms with Crippen LogP contribution in [0.2, 0.25) is 0 Å². The minimum Gasteiger partial charge on any atom is -0.438 e. The number of pyridine rings is 1. The molecule has 0 bridgehead atoms. The summed E-state index contributed by atoms with van der Waals surface area (Å²) >= 11 is 0. The molecule has 40 heavy (non-hydrogen) atoms. The van der Waals surface area contributed by atoms with Crippen molar-refractivity contribution < 1.29 is 4.42 Å². The second-order valence-electron chi connectivity index (χ2n) is 10.6. The number of rotatable bonds is 4. The summed E-state index contributed by atoms with van der Waals surface area (Å²) in [5.41, 5.74) is 8.37. The highest BCUT2D eigenvalue weighted by Gasteiger charge is 2.20. The Balaban J connectivity index is 1.34. The van der Waals surface area contributed by atoms with Crippen LogP contribution in [0, 0.1) is 5.92 Å². The molecule has 1 unspecified atom stereocenters. The number of hydrogen-bond donors (Lipinski definition) is 0. The summed E-state index contributed by atoms with van der Waals surface area (Å²) in [6, 6.07) is 36.4. The summed E-state index contributed by atoms with van der Waals surface area (Å²) < 4.78 is 8.54. The molecule has 0 amide bonds. The molecule has 0 spiro atoms. The molecule has 0 radical (unpaired) electrons. The summed E-state index contributed by atoms with van der Waals surface area (Å²) in [4.78, 5) is 7.16. The predicted octanol–water partition coefficient (Wildman–Crippen LogP) is 9.70. The van der Waals surface area contributed by atoms with Crippen LogP contribution in [0.3, 0.4) is 0 Å². The summed E-state index contributed by atoms with van der Waals surface area (Å²) in [5, 5.41) is 4.54. The van der Waals surface area contributed by atoms with Gasteiger partial charge in [0.1, 0.15) is 5.58 Å². The molecule has 4 aromatic carbocycles. The number of aromatic nitrogens is 2. The van der Waals surface area contributed by atoms with Crippen LogP contribution in [-0.2, 0) is 0 Å². The Labute approximate surface area is 232 Å². The number of furan rings is 1. The third-order valence-corrected chi connectivity index (χ3v) is 7.95. The average Bonchev–Trinajstić information content (AvgIpc) is 3.53. The molecular weight excluding hydrogens is 490 g/mol. The second kappa shape index (κ2) is 8.99. The van der Waals surface area contributed by atoms with E-state index in [1.165, 1.54) is 27.5 Å². The molecule has 3 aromatic heterocycles. The standard InChI is InChI=1S/C36H27N3O/c1-24-10-9-13-26(20-24)38(25-11-3-2-4-12-25)27-18-19-35-31(21-27)32-22-28(23-37-36(32)40-35)39-33-16-7-5-14-29(33)30-15-6-8-17-34(30)39/h2-19,21-24H,20H2,1H3. The Morgan fingerprint density at radius 3 is 2.23 bits per heavy atom. The number of benzene rings is 4. The monoisotopic (exact) mass is 517 g/mol. The van der Waals surface area contributed by atoms with Crippen molar-refractivity contribution in [1.29, 1.82) is 0 Å². The van der Waals surface area contributed by atoms with E-state index in [1.54, 1.807) is 0 Å². The van der Waals surface area contributed by atoms with Gasteiger partial charge in [-0.15, -0.1) is 0 Å². The number of hydrogen-bond acceptors (Lipinski definition) is 3. The van der Waals surface area contributed by atoms with Gasteiger partial charge in [-0.05, 0) is 66.9 Å². The maximum atomic E-state index is 6.24. The summed E-state index contributed by atoms with van der Waals surface area (Å²) in [7, 11) is 0. The minimum atomic E-state index is 0.489. The molecule has 1 aliphatic rings. The summed E-state index contributed by atoms with van der Waals surface area (Å²) in [6.07, 6.45) is 9.57. The van der Waals surface area contributed by atoms with E-state index in [-0.39, 0.29) is 0 Å². The fourth-order valence-electron chi connectivity index (χ4n) is 6.15. The molecule has 1 aliphatic carbocycles. The van der Waals surface area contributed by atoms with E-state index in [0.717, 1.165) is 39.8 Å². The SMILES string of the molecule is CC1C=CC=C(N(c2ccccc2)c2ccc3oc4ncc(-n5c6ccccc6c6ccccc65)cc4c3c2)C1. The van der Waals surface area contributed by atoms with Gasteiger partial charge in [0, 0.05) is 33.2 Å². The van der Waals surface area contributed by atoms with E-state index in [1.807, 2.05) is 6.20 Å². The van der Waals surface area contributed by atoms with Crippen molar-refractivity contribution in [2.75, 3.05) is 4.90 Å².